The van der Waals surface area contributed by atoms with Crippen molar-refractivity contribution in [3.05, 3.63) is 35.7 Å². The molecule has 6 nitrogen and oxygen atoms in total. The van der Waals surface area contributed by atoms with E-state index in [0.29, 0.717) is 27.8 Å². The Morgan fingerprint density at radius 3 is 2.50 bits per heavy atom. The minimum atomic E-state index is -3.51. The third-order valence-corrected chi connectivity index (χ3v) is 6.50. The van der Waals surface area contributed by atoms with Crippen molar-refractivity contribution in [3.8, 4) is 11.3 Å². The minimum Gasteiger partial charge on any atom is -0.398 e. The van der Waals surface area contributed by atoms with Crippen LogP contribution in [0.5, 0.6) is 0 Å². The maximum Gasteiger partial charge on any atom is 0.181 e. The lowest BCUT2D eigenvalue weighted by atomic mass is 10.0. The first kappa shape index (κ1) is 16.4. The molecule has 0 radical (unpaired) electrons. The summed E-state index contributed by atoms with van der Waals surface area (Å²) >= 11 is 0. The zero-order valence-corrected chi connectivity index (χ0v) is 14.9. The molecule has 0 saturated heterocycles. The average Bonchev–Trinajstić information content (AvgIpc) is 2.86. The summed E-state index contributed by atoms with van der Waals surface area (Å²) in [6.07, 6.45) is 1.61. The molecule has 0 spiro atoms. The van der Waals surface area contributed by atoms with Crippen LogP contribution in [0.1, 0.15) is 25.1 Å². The standard InChI is InChI=1S/C17H20N4O2S/c1-9(2)24(22,23)16-8-12-14(18)5-6-19-15(12)7-13(16)17-10(3)11(4)20-21-17/h5-9H,1-4H3,(H2,18,19)(H,20,21). The predicted molar refractivity (Wildman–Crippen MR) is 95.5 cm³/mol. The monoisotopic (exact) mass is 344 g/mol. The van der Waals surface area contributed by atoms with Gasteiger partial charge in [0.15, 0.2) is 9.84 Å². The molecule has 0 atom stereocenters. The first-order valence-electron chi connectivity index (χ1n) is 7.67. The van der Waals surface area contributed by atoms with Gasteiger partial charge in [0, 0.05) is 28.5 Å². The number of pyridine rings is 1. The smallest absolute Gasteiger partial charge is 0.181 e. The van der Waals surface area contributed by atoms with Crippen LogP contribution in [0.2, 0.25) is 0 Å². The first-order chi connectivity index (χ1) is 11.2. The van der Waals surface area contributed by atoms with Crippen LogP contribution in [0.15, 0.2) is 29.3 Å². The van der Waals surface area contributed by atoms with E-state index in [2.05, 4.69) is 15.2 Å². The molecule has 0 aliphatic rings. The summed E-state index contributed by atoms with van der Waals surface area (Å²) in [5.41, 5.74) is 10.1. The van der Waals surface area contributed by atoms with E-state index in [9.17, 15) is 8.42 Å². The second kappa shape index (κ2) is 5.59. The SMILES string of the molecule is Cc1[nH]nc(-c2cc3nccc(N)c3cc2S(=O)(=O)C(C)C)c1C. The van der Waals surface area contributed by atoms with Crippen LogP contribution in [-0.2, 0) is 9.84 Å². The number of aryl methyl sites for hydroxylation is 1. The number of fused-ring (bicyclic) bond motifs is 1. The Hall–Kier alpha value is -2.41. The fraction of sp³-hybridized carbons (Fsp3) is 0.294. The van der Waals surface area contributed by atoms with Gasteiger partial charge in [-0.2, -0.15) is 5.10 Å². The van der Waals surface area contributed by atoms with Crippen molar-refractivity contribution < 1.29 is 8.42 Å². The van der Waals surface area contributed by atoms with Crippen LogP contribution >= 0.6 is 0 Å². The Morgan fingerprint density at radius 2 is 1.92 bits per heavy atom. The summed E-state index contributed by atoms with van der Waals surface area (Å²) in [5.74, 6) is 0. The molecule has 24 heavy (non-hydrogen) atoms. The summed E-state index contributed by atoms with van der Waals surface area (Å²) in [5, 5.41) is 7.29. The van der Waals surface area contributed by atoms with Gasteiger partial charge in [-0.1, -0.05) is 0 Å². The molecule has 2 heterocycles. The number of aromatic nitrogens is 3. The largest absolute Gasteiger partial charge is 0.398 e. The van der Waals surface area contributed by atoms with Crippen LogP contribution < -0.4 is 5.73 Å². The normalized spacial score (nSPS) is 12.2. The van der Waals surface area contributed by atoms with Crippen molar-refractivity contribution in [1.29, 1.82) is 0 Å². The first-order valence-corrected chi connectivity index (χ1v) is 9.22. The highest BCUT2D eigenvalue weighted by Crippen LogP contribution is 2.35. The highest BCUT2D eigenvalue weighted by Gasteiger charge is 2.26. The zero-order valence-electron chi connectivity index (χ0n) is 14.1. The van der Waals surface area contributed by atoms with Crippen molar-refractivity contribution >= 4 is 26.4 Å². The Labute approximate surface area is 141 Å². The van der Waals surface area contributed by atoms with E-state index in [1.165, 1.54) is 0 Å². The summed E-state index contributed by atoms with van der Waals surface area (Å²) in [7, 11) is -3.51. The lowest BCUT2D eigenvalue weighted by Crippen LogP contribution is -2.15. The fourth-order valence-electron chi connectivity index (χ4n) is 2.62. The van der Waals surface area contributed by atoms with Gasteiger partial charge in [-0.25, -0.2) is 8.42 Å². The molecule has 7 heteroatoms. The molecule has 0 saturated carbocycles. The maximum absolute atomic E-state index is 12.9. The van der Waals surface area contributed by atoms with E-state index in [1.807, 2.05) is 13.8 Å². The van der Waals surface area contributed by atoms with Crippen molar-refractivity contribution in [2.45, 2.75) is 37.8 Å². The number of nitrogen functional groups attached to an aromatic ring is 1. The number of hydrogen-bond acceptors (Lipinski definition) is 5. The molecule has 0 bridgehead atoms. The fourth-order valence-corrected chi connectivity index (χ4v) is 3.87. The van der Waals surface area contributed by atoms with Gasteiger partial charge < -0.3 is 5.73 Å². The number of rotatable bonds is 3. The van der Waals surface area contributed by atoms with Gasteiger partial charge in [0.2, 0.25) is 0 Å². The topological polar surface area (TPSA) is 102 Å². The molecule has 3 N–H and O–H groups in total. The van der Waals surface area contributed by atoms with Gasteiger partial charge in [0.05, 0.1) is 21.4 Å². The zero-order chi connectivity index (χ0) is 17.6. The third-order valence-electron chi connectivity index (χ3n) is 4.31. The number of sulfone groups is 1. The molecule has 3 rings (SSSR count). The van der Waals surface area contributed by atoms with E-state index in [-0.39, 0.29) is 4.90 Å². The third kappa shape index (κ3) is 2.45. The highest BCUT2D eigenvalue weighted by molar-refractivity contribution is 7.92. The molecule has 0 amide bonds. The van der Waals surface area contributed by atoms with Gasteiger partial charge in [-0.3, -0.25) is 10.1 Å². The molecule has 0 aliphatic heterocycles. The van der Waals surface area contributed by atoms with Gasteiger partial charge in [0.25, 0.3) is 0 Å². The quantitative estimate of drug-likeness (QED) is 0.760. The lowest BCUT2D eigenvalue weighted by molar-refractivity contribution is 0.588. The number of nitrogens with two attached hydrogens (primary N) is 1. The summed E-state index contributed by atoms with van der Waals surface area (Å²) in [6.45, 7) is 7.15. The number of anilines is 1. The summed E-state index contributed by atoms with van der Waals surface area (Å²) in [4.78, 5) is 4.56. The number of aromatic amines is 1. The van der Waals surface area contributed by atoms with E-state index < -0.39 is 15.1 Å². The van der Waals surface area contributed by atoms with Crippen molar-refractivity contribution in [3.63, 3.8) is 0 Å². The number of nitrogens with zero attached hydrogens (tertiary/aromatic N) is 2. The van der Waals surface area contributed by atoms with Gasteiger partial charge in [-0.05, 0) is 51.5 Å². The van der Waals surface area contributed by atoms with Crippen LogP contribution in [0, 0.1) is 13.8 Å². The number of hydrogen-bond donors (Lipinski definition) is 2. The van der Waals surface area contributed by atoms with E-state index in [4.69, 9.17) is 5.73 Å². The Bertz CT molecular complexity index is 1040. The van der Waals surface area contributed by atoms with E-state index in [1.54, 1.807) is 38.2 Å². The van der Waals surface area contributed by atoms with Crippen molar-refractivity contribution in [2.24, 2.45) is 0 Å². The molecule has 3 aromatic rings. The van der Waals surface area contributed by atoms with Gasteiger partial charge >= 0.3 is 0 Å². The predicted octanol–water partition coefficient (Wildman–Crippen LogP) is 3.01. The van der Waals surface area contributed by atoms with E-state index >= 15 is 0 Å². The van der Waals surface area contributed by atoms with Gasteiger partial charge in [0.1, 0.15) is 0 Å². The molecule has 1 aromatic carbocycles. The van der Waals surface area contributed by atoms with Crippen molar-refractivity contribution in [1.82, 2.24) is 15.2 Å². The number of benzene rings is 1. The Morgan fingerprint density at radius 1 is 1.21 bits per heavy atom. The minimum absolute atomic E-state index is 0.235. The van der Waals surface area contributed by atoms with E-state index in [0.717, 1.165) is 11.3 Å². The maximum atomic E-state index is 12.9. The van der Waals surface area contributed by atoms with Crippen LogP contribution in [0.4, 0.5) is 5.69 Å². The number of H-pyrrole nitrogens is 1. The second-order valence-corrected chi connectivity index (χ2v) is 8.65. The van der Waals surface area contributed by atoms with Crippen LogP contribution in [0.3, 0.4) is 0 Å². The van der Waals surface area contributed by atoms with Crippen molar-refractivity contribution in [2.75, 3.05) is 5.73 Å². The number of nitrogens with one attached hydrogen (secondary N) is 1. The molecule has 0 aliphatic carbocycles. The molecule has 126 valence electrons. The second-order valence-electron chi connectivity index (χ2n) is 6.18. The Kier molecular flexibility index (Phi) is 3.83. The molecular formula is C17H20N4O2S. The van der Waals surface area contributed by atoms with Gasteiger partial charge in [-0.15, -0.1) is 0 Å². The molecule has 2 aromatic heterocycles. The summed E-state index contributed by atoms with van der Waals surface area (Å²) in [6, 6.07) is 5.03. The van der Waals surface area contributed by atoms with Crippen LogP contribution in [-0.4, -0.2) is 28.8 Å². The lowest BCUT2D eigenvalue weighted by Gasteiger charge is -2.14. The highest BCUT2D eigenvalue weighted by atomic mass is 32.2. The average molecular weight is 344 g/mol. The Balaban J connectivity index is 2.45. The molecule has 0 fully saturated rings. The van der Waals surface area contributed by atoms with Crippen LogP contribution in [0.25, 0.3) is 22.2 Å². The summed E-state index contributed by atoms with van der Waals surface area (Å²) < 4.78 is 25.8. The molecule has 0 unspecified atom stereocenters. The molecular weight excluding hydrogens is 324 g/mol.